The Kier molecular flexibility index (Phi) is 5.39. The maximum absolute atomic E-state index is 11.9. The predicted molar refractivity (Wildman–Crippen MR) is 62.0 cm³/mol. The van der Waals surface area contributed by atoms with Crippen molar-refractivity contribution in [1.82, 2.24) is 5.32 Å². The highest BCUT2D eigenvalue weighted by molar-refractivity contribution is 5.85. The molecule has 0 aliphatic heterocycles. The molecule has 0 aromatic heterocycles. The number of carbonyl (C=O) groups excluding carboxylic acids is 1. The highest BCUT2D eigenvalue weighted by Crippen LogP contribution is 2.37. The van der Waals surface area contributed by atoms with Gasteiger partial charge in [-0.3, -0.25) is 4.79 Å². The molecule has 0 saturated heterocycles. The van der Waals surface area contributed by atoms with E-state index in [-0.39, 0.29) is 12.5 Å². The molecule has 0 aromatic rings. The molecule has 1 atom stereocenters. The minimum Gasteiger partial charge on any atom is -0.391 e. The Morgan fingerprint density at radius 3 is 2.76 bits per heavy atom. The van der Waals surface area contributed by atoms with E-state index in [9.17, 15) is 9.90 Å². The van der Waals surface area contributed by atoms with Crippen LogP contribution in [0.5, 0.6) is 0 Å². The van der Waals surface area contributed by atoms with Crippen LogP contribution >= 0.6 is 0 Å². The standard InChI is InChI=1S/C12H20N2O3/c1-17-8-10(15)4-7-14-11(16)12(9-13)5-2-3-6-12/h10,15H,2-8H2,1H3,(H,14,16). The van der Waals surface area contributed by atoms with Crippen molar-refractivity contribution < 1.29 is 14.6 Å². The highest BCUT2D eigenvalue weighted by Gasteiger charge is 2.41. The van der Waals surface area contributed by atoms with Gasteiger partial charge in [0.05, 0.1) is 18.8 Å². The first-order valence-electron chi connectivity index (χ1n) is 6.01. The third kappa shape index (κ3) is 3.69. The number of hydrogen-bond donors (Lipinski definition) is 2. The number of nitrogens with one attached hydrogen (secondary N) is 1. The van der Waals surface area contributed by atoms with Crippen molar-refractivity contribution in [3.63, 3.8) is 0 Å². The quantitative estimate of drug-likeness (QED) is 0.711. The van der Waals surface area contributed by atoms with E-state index in [1.54, 1.807) is 0 Å². The molecule has 96 valence electrons. The van der Waals surface area contributed by atoms with Gasteiger partial charge in [0.2, 0.25) is 5.91 Å². The van der Waals surface area contributed by atoms with Crippen LogP contribution in [0.3, 0.4) is 0 Å². The van der Waals surface area contributed by atoms with Crippen LogP contribution in [-0.2, 0) is 9.53 Å². The lowest BCUT2D eigenvalue weighted by Gasteiger charge is -2.19. The number of rotatable bonds is 6. The summed E-state index contributed by atoms with van der Waals surface area (Å²) >= 11 is 0. The van der Waals surface area contributed by atoms with Gasteiger partial charge in [-0.15, -0.1) is 0 Å². The molecule has 17 heavy (non-hydrogen) atoms. The summed E-state index contributed by atoms with van der Waals surface area (Å²) in [4.78, 5) is 11.9. The Labute approximate surface area is 102 Å². The minimum absolute atomic E-state index is 0.192. The summed E-state index contributed by atoms with van der Waals surface area (Å²) in [5.74, 6) is -0.192. The molecule has 1 amide bonds. The van der Waals surface area contributed by atoms with E-state index in [1.165, 1.54) is 7.11 Å². The van der Waals surface area contributed by atoms with Gasteiger partial charge in [0, 0.05) is 13.7 Å². The lowest BCUT2D eigenvalue weighted by Crippen LogP contribution is -2.39. The van der Waals surface area contributed by atoms with Crippen LogP contribution in [0.2, 0.25) is 0 Å². The first-order chi connectivity index (χ1) is 8.14. The van der Waals surface area contributed by atoms with E-state index in [0.717, 1.165) is 12.8 Å². The van der Waals surface area contributed by atoms with Crippen LogP contribution in [-0.4, -0.2) is 37.4 Å². The fraction of sp³-hybridized carbons (Fsp3) is 0.833. The molecule has 1 saturated carbocycles. The van der Waals surface area contributed by atoms with Crippen molar-refractivity contribution in [1.29, 1.82) is 5.26 Å². The topological polar surface area (TPSA) is 82.3 Å². The van der Waals surface area contributed by atoms with Crippen molar-refractivity contribution in [3.05, 3.63) is 0 Å². The van der Waals surface area contributed by atoms with Crippen molar-refractivity contribution >= 4 is 5.91 Å². The second-order valence-electron chi connectivity index (χ2n) is 4.55. The van der Waals surface area contributed by atoms with Gasteiger partial charge < -0.3 is 15.2 Å². The van der Waals surface area contributed by atoms with Crippen LogP contribution in [0, 0.1) is 16.7 Å². The Hall–Kier alpha value is -1.12. The molecule has 0 bridgehead atoms. The van der Waals surface area contributed by atoms with Gasteiger partial charge in [0.1, 0.15) is 5.41 Å². The molecule has 1 aliphatic carbocycles. The summed E-state index contributed by atoms with van der Waals surface area (Å²) in [6, 6.07) is 2.14. The van der Waals surface area contributed by atoms with E-state index < -0.39 is 11.5 Å². The van der Waals surface area contributed by atoms with E-state index >= 15 is 0 Å². The summed E-state index contributed by atoms with van der Waals surface area (Å²) in [7, 11) is 1.52. The number of methoxy groups -OCH3 is 1. The first-order valence-corrected chi connectivity index (χ1v) is 6.01. The van der Waals surface area contributed by atoms with Crippen molar-refractivity contribution in [2.24, 2.45) is 5.41 Å². The minimum atomic E-state index is -0.827. The van der Waals surface area contributed by atoms with Gasteiger partial charge in [0.15, 0.2) is 0 Å². The molecular weight excluding hydrogens is 220 g/mol. The van der Waals surface area contributed by atoms with E-state index in [1.807, 2.05) is 0 Å². The molecule has 1 rings (SSSR count). The smallest absolute Gasteiger partial charge is 0.240 e. The monoisotopic (exact) mass is 240 g/mol. The number of hydrogen-bond acceptors (Lipinski definition) is 4. The van der Waals surface area contributed by atoms with E-state index in [4.69, 9.17) is 10.00 Å². The predicted octanol–water partition coefficient (Wildman–Crippen LogP) is 0.584. The van der Waals surface area contributed by atoms with E-state index in [0.29, 0.717) is 25.8 Å². The number of amides is 1. The third-order valence-corrected chi connectivity index (χ3v) is 3.23. The van der Waals surface area contributed by atoms with Crippen LogP contribution in [0.4, 0.5) is 0 Å². The lowest BCUT2D eigenvalue weighted by atomic mass is 9.87. The number of ether oxygens (including phenoxy) is 1. The number of nitrogens with zero attached hydrogens (tertiary/aromatic N) is 1. The zero-order chi connectivity index (χ0) is 12.7. The summed E-state index contributed by atoms with van der Waals surface area (Å²) < 4.78 is 4.79. The Morgan fingerprint density at radius 2 is 2.24 bits per heavy atom. The second-order valence-corrected chi connectivity index (χ2v) is 4.55. The third-order valence-electron chi connectivity index (χ3n) is 3.23. The Bertz CT molecular complexity index is 293. The van der Waals surface area contributed by atoms with Crippen molar-refractivity contribution in [3.8, 4) is 6.07 Å². The zero-order valence-corrected chi connectivity index (χ0v) is 10.2. The fourth-order valence-corrected chi connectivity index (χ4v) is 2.17. The summed E-state index contributed by atoms with van der Waals surface area (Å²) in [5.41, 5.74) is -0.827. The average Bonchev–Trinajstić information content (AvgIpc) is 2.79. The maximum atomic E-state index is 11.9. The van der Waals surface area contributed by atoms with Gasteiger partial charge in [0.25, 0.3) is 0 Å². The molecule has 1 aliphatic rings. The van der Waals surface area contributed by atoms with Crippen molar-refractivity contribution in [2.75, 3.05) is 20.3 Å². The number of nitriles is 1. The number of aliphatic hydroxyl groups is 1. The van der Waals surface area contributed by atoms with Crippen molar-refractivity contribution in [2.45, 2.75) is 38.2 Å². The van der Waals surface area contributed by atoms with Crippen LogP contribution in [0.15, 0.2) is 0 Å². The number of aliphatic hydroxyl groups excluding tert-OH is 1. The van der Waals surface area contributed by atoms with Gasteiger partial charge in [-0.05, 0) is 19.3 Å². The molecule has 1 unspecified atom stereocenters. The van der Waals surface area contributed by atoms with Crippen LogP contribution < -0.4 is 5.32 Å². The Balaban J connectivity index is 2.32. The molecule has 0 aromatic carbocycles. The first kappa shape index (κ1) is 13.9. The molecular formula is C12H20N2O3. The fourth-order valence-electron chi connectivity index (χ4n) is 2.17. The van der Waals surface area contributed by atoms with E-state index in [2.05, 4.69) is 11.4 Å². The normalized spacial score (nSPS) is 19.6. The molecule has 0 spiro atoms. The number of carbonyl (C=O) groups is 1. The van der Waals surface area contributed by atoms with Gasteiger partial charge in [-0.2, -0.15) is 5.26 Å². The average molecular weight is 240 g/mol. The molecule has 5 nitrogen and oxygen atoms in total. The summed E-state index contributed by atoms with van der Waals surface area (Å²) in [6.07, 6.45) is 3.05. The molecule has 2 N–H and O–H groups in total. The summed E-state index contributed by atoms with van der Waals surface area (Å²) in [6.45, 7) is 0.645. The molecule has 5 heteroatoms. The summed E-state index contributed by atoms with van der Waals surface area (Å²) in [5, 5.41) is 21.2. The lowest BCUT2D eigenvalue weighted by molar-refractivity contribution is -0.128. The van der Waals surface area contributed by atoms with Gasteiger partial charge in [-0.25, -0.2) is 0 Å². The molecule has 1 fully saturated rings. The molecule has 0 heterocycles. The van der Waals surface area contributed by atoms with Crippen LogP contribution in [0.1, 0.15) is 32.1 Å². The van der Waals surface area contributed by atoms with Gasteiger partial charge >= 0.3 is 0 Å². The maximum Gasteiger partial charge on any atom is 0.240 e. The largest absolute Gasteiger partial charge is 0.391 e. The SMILES string of the molecule is COCC(O)CCNC(=O)C1(C#N)CCCC1. The Morgan fingerprint density at radius 1 is 1.59 bits per heavy atom. The van der Waals surface area contributed by atoms with Gasteiger partial charge in [-0.1, -0.05) is 12.8 Å². The van der Waals surface area contributed by atoms with Crippen LogP contribution in [0.25, 0.3) is 0 Å². The zero-order valence-electron chi connectivity index (χ0n) is 10.2. The highest BCUT2D eigenvalue weighted by atomic mass is 16.5. The second kappa shape index (κ2) is 6.58. The molecule has 0 radical (unpaired) electrons.